The molecule has 22 heavy (non-hydrogen) atoms. The van der Waals surface area contributed by atoms with Crippen LogP contribution in [0.4, 0.5) is 0 Å². The van der Waals surface area contributed by atoms with Crippen molar-refractivity contribution in [2.45, 2.75) is 19.9 Å². The second kappa shape index (κ2) is 6.83. The molecule has 1 aromatic rings. The second-order valence-electron chi connectivity index (χ2n) is 6.35. The zero-order chi connectivity index (χ0) is 16.3. The molecule has 0 unspecified atom stereocenters. The highest BCUT2D eigenvalue weighted by Gasteiger charge is 2.36. The number of carbonyl (C=O) groups excluding carboxylic acids is 1. The lowest BCUT2D eigenvalue weighted by Crippen LogP contribution is -2.42. The molecule has 1 aromatic heterocycles. The van der Waals surface area contributed by atoms with E-state index in [-0.39, 0.29) is 17.7 Å². The highest BCUT2D eigenvalue weighted by Crippen LogP contribution is 2.24. The first-order valence-corrected chi connectivity index (χ1v) is 9.57. The summed E-state index contributed by atoms with van der Waals surface area (Å²) in [4.78, 5) is 14.2. The molecule has 0 aromatic carbocycles. The third kappa shape index (κ3) is 4.58. The lowest BCUT2D eigenvalue weighted by atomic mass is 9.91. The smallest absolute Gasteiger partial charge is 0.287 e. The summed E-state index contributed by atoms with van der Waals surface area (Å²) in [5, 5.41) is 3.02. The second-order valence-corrected chi connectivity index (χ2v) is 8.61. The average Bonchev–Trinajstić information content (AvgIpc) is 3.04. The molecular formula is C15H24N2O4S. The van der Waals surface area contributed by atoms with Crippen LogP contribution in [0.1, 0.15) is 24.4 Å². The van der Waals surface area contributed by atoms with Crippen LogP contribution in [0.5, 0.6) is 0 Å². The van der Waals surface area contributed by atoms with Crippen LogP contribution < -0.4 is 5.32 Å². The highest BCUT2D eigenvalue weighted by atomic mass is 32.2. The van der Waals surface area contributed by atoms with Crippen LogP contribution in [0.3, 0.4) is 0 Å². The van der Waals surface area contributed by atoms with Gasteiger partial charge in [0.1, 0.15) is 9.84 Å². The molecule has 1 N–H and O–H groups in total. The van der Waals surface area contributed by atoms with Crippen LogP contribution in [0, 0.1) is 11.8 Å². The summed E-state index contributed by atoms with van der Waals surface area (Å²) in [6.07, 6.45) is 2.72. The molecule has 1 amide bonds. The van der Waals surface area contributed by atoms with Crippen molar-refractivity contribution >= 4 is 15.7 Å². The van der Waals surface area contributed by atoms with Gasteiger partial charge in [0.25, 0.3) is 5.91 Å². The number of hydrogen-bond acceptors (Lipinski definition) is 5. The molecule has 2 rings (SSSR count). The first-order valence-electron chi connectivity index (χ1n) is 7.50. The number of amides is 1. The number of likely N-dealkylation sites (tertiary alicyclic amines) is 1. The molecule has 1 saturated heterocycles. The number of nitrogens with one attached hydrogen (secondary N) is 1. The molecule has 6 nitrogen and oxygen atoms in total. The van der Waals surface area contributed by atoms with Gasteiger partial charge < -0.3 is 9.73 Å². The topological polar surface area (TPSA) is 79.6 Å². The van der Waals surface area contributed by atoms with Gasteiger partial charge in [-0.1, -0.05) is 13.8 Å². The SMILES string of the molecule is CC(C)[C@H]1CN(CCS(C)(=O)=O)C[C@@H]1NC(=O)c1ccco1. The van der Waals surface area contributed by atoms with E-state index in [1.165, 1.54) is 12.5 Å². The maximum Gasteiger partial charge on any atom is 0.287 e. The summed E-state index contributed by atoms with van der Waals surface area (Å²) in [6, 6.07) is 3.33. The Hall–Kier alpha value is -1.34. The van der Waals surface area contributed by atoms with Crippen LogP contribution in [-0.2, 0) is 9.84 Å². The molecule has 0 saturated carbocycles. The van der Waals surface area contributed by atoms with Crippen molar-refractivity contribution in [3.05, 3.63) is 24.2 Å². The van der Waals surface area contributed by atoms with E-state index in [9.17, 15) is 13.2 Å². The molecule has 7 heteroatoms. The van der Waals surface area contributed by atoms with Gasteiger partial charge in [-0.15, -0.1) is 0 Å². The number of hydrogen-bond donors (Lipinski definition) is 1. The third-order valence-electron chi connectivity index (χ3n) is 4.14. The summed E-state index contributed by atoms with van der Waals surface area (Å²) in [5.41, 5.74) is 0. The van der Waals surface area contributed by atoms with Crippen LogP contribution >= 0.6 is 0 Å². The van der Waals surface area contributed by atoms with Crippen LogP contribution in [0.2, 0.25) is 0 Å². The summed E-state index contributed by atoms with van der Waals surface area (Å²) in [7, 11) is -2.97. The van der Waals surface area contributed by atoms with Crippen LogP contribution in [0.25, 0.3) is 0 Å². The molecule has 2 atom stereocenters. The molecule has 1 aliphatic rings. The molecule has 0 aliphatic carbocycles. The van der Waals surface area contributed by atoms with E-state index in [0.29, 0.717) is 30.7 Å². The van der Waals surface area contributed by atoms with E-state index in [1.807, 2.05) is 0 Å². The van der Waals surface area contributed by atoms with E-state index in [0.717, 1.165) is 6.54 Å². The molecular weight excluding hydrogens is 304 g/mol. The summed E-state index contributed by atoms with van der Waals surface area (Å²) < 4.78 is 27.7. The molecule has 124 valence electrons. The van der Waals surface area contributed by atoms with Crippen LogP contribution in [0.15, 0.2) is 22.8 Å². The summed E-state index contributed by atoms with van der Waals surface area (Å²) in [5.74, 6) is 0.947. The molecule has 2 heterocycles. The van der Waals surface area contributed by atoms with Gasteiger partial charge in [0, 0.05) is 31.9 Å². The number of nitrogens with zero attached hydrogens (tertiary/aromatic N) is 1. The van der Waals surface area contributed by atoms with Crippen molar-refractivity contribution in [3.63, 3.8) is 0 Å². The van der Waals surface area contributed by atoms with Crippen molar-refractivity contribution < 1.29 is 17.6 Å². The first kappa shape index (κ1) is 17.0. The number of carbonyl (C=O) groups is 1. The average molecular weight is 328 g/mol. The van der Waals surface area contributed by atoms with Gasteiger partial charge in [0.15, 0.2) is 5.76 Å². The minimum Gasteiger partial charge on any atom is -0.459 e. The van der Waals surface area contributed by atoms with E-state index in [1.54, 1.807) is 12.1 Å². The van der Waals surface area contributed by atoms with E-state index in [4.69, 9.17) is 4.42 Å². The standard InChI is InChI=1S/C15H24N2O4S/c1-11(2)12-9-17(6-8-22(3,19)20)10-13(12)16-15(18)14-5-4-7-21-14/h4-5,7,11-13H,6,8-10H2,1-3H3,(H,16,18)/t12-,13+/m1/s1. The normalized spacial score (nSPS) is 23.1. The molecule has 1 aliphatic heterocycles. The zero-order valence-corrected chi connectivity index (χ0v) is 14.1. The third-order valence-corrected chi connectivity index (χ3v) is 5.06. The molecule has 0 radical (unpaired) electrons. The van der Waals surface area contributed by atoms with E-state index in [2.05, 4.69) is 24.1 Å². The van der Waals surface area contributed by atoms with Crippen molar-refractivity contribution in [2.75, 3.05) is 31.6 Å². The Balaban J connectivity index is 1.98. The summed E-state index contributed by atoms with van der Waals surface area (Å²) >= 11 is 0. The van der Waals surface area contributed by atoms with Crippen molar-refractivity contribution in [2.24, 2.45) is 11.8 Å². The van der Waals surface area contributed by atoms with Gasteiger partial charge in [-0.3, -0.25) is 9.69 Å². The predicted molar refractivity (Wildman–Crippen MR) is 84.4 cm³/mol. The maximum atomic E-state index is 12.1. The quantitative estimate of drug-likeness (QED) is 0.843. The Kier molecular flexibility index (Phi) is 5.28. The lowest BCUT2D eigenvalue weighted by Gasteiger charge is -2.22. The van der Waals surface area contributed by atoms with Crippen molar-refractivity contribution in [3.8, 4) is 0 Å². The van der Waals surface area contributed by atoms with Gasteiger partial charge in [0.2, 0.25) is 0 Å². The van der Waals surface area contributed by atoms with Gasteiger partial charge in [-0.25, -0.2) is 8.42 Å². The maximum absolute atomic E-state index is 12.1. The lowest BCUT2D eigenvalue weighted by molar-refractivity contribution is 0.0897. The van der Waals surface area contributed by atoms with Crippen molar-refractivity contribution in [1.29, 1.82) is 0 Å². The van der Waals surface area contributed by atoms with Gasteiger partial charge >= 0.3 is 0 Å². The Bertz CT molecular complexity index is 595. The van der Waals surface area contributed by atoms with Gasteiger partial charge in [-0.2, -0.15) is 0 Å². The Morgan fingerprint density at radius 1 is 1.45 bits per heavy atom. The fraction of sp³-hybridized carbons (Fsp3) is 0.667. The predicted octanol–water partition coefficient (Wildman–Crippen LogP) is 1.01. The summed E-state index contributed by atoms with van der Waals surface area (Å²) in [6.45, 7) is 6.23. The van der Waals surface area contributed by atoms with E-state index < -0.39 is 9.84 Å². The molecule has 0 bridgehead atoms. The van der Waals surface area contributed by atoms with Crippen molar-refractivity contribution in [1.82, 2.24) is 10.2 Å². The molecule has 0 spiro atoms. The first-order chi connectivity index (χ1) is 10.3. The van der Waals surface area contributed by atoms with E-state index >= 15 is 0 Å². The van der Waals surface area contributed by atoms with Gasteiger partial charge in [-0.05, 0) is 24.0 Å². The molecule has 1 fully saturated rings. The van der Waals surface area contributed by atoms with Crippen LogP contribution in [-0.4, -0.2) is 56.9 Å². The fourth-order valence-electron chi connectivity index (χ4n) is 2.87. The number of furan rings is 1. The Morgan fingerprint density at radius 2 is 2.18 bits per heavy atom. The zero-order valence-electron chi connectivity index (χ0n) is 13.3. The largest absolute Gasteiger partial charge is 0.459 e. The fourth-order valence-corrected chi connectivity index (χ4v) is 3.46. The minimum absolute atomic E-state index is 0.0113. The van der Waals surface area contributed by atoms with Gasteiger partial charge in [0.05, 0.1) is 12.0 Å². The Morgan fingerprint density at radius 3 is 2.73 bits per heavy atom. The Labute approximate surface area is 131 Å². The monoisotopic (exact) mass is 328 g/mol. The minimum atomic E-state index is -2.97. The number of sulfone groups is 1. The number of rotatable bonds is 6. The highest BCUT2D eigenvalue weighted by molar-refractivity contribution is 7.90.